The zero-order valence-corrected chi connectivity index (χ0v) is 10.8. The molecule has 0 amide bonds. The van der Waals surface area contributed by atoms with Gasteiger partial charge in [0.05, 0.1) is 22.8 Å². The number of nitrogens with zero attached hydrogens (tertiary/aromatic N) is 2. The van der Waals surface area contributed by atoms with Gasteiger partial charge in [-0.15, -0.1) is 0 Å². The molecule has 1 aromatic heterocycles. The zero-order chi connectivity index (χ0) is 13.0. The maximum Gasteiger partial charge on any atom is 0.145 e. The normalized spacial score (nSPS) is 14.4. The molecule has 0 aliphatic rings. The smallest absolute Gasteiger partial charge is 0.145 e. The summed E-state index contributed by atoms with van der Waals surface area (Å²) in [5.41, 5.74) is 1.03. The molecule has 2 rings (SSSR count). The molecule has 0 spiro atoms. The van der Waals surface area contributed by atoms with Gasteiger partial charge in [-0.1, -0.05) is 25.5 Å². The second-order valence-electron chi connectivity index (χ2n) is 4.84. The molecule has 4 nitrogen and oxygen atoms in total. The summed E-state index contributed by atoms with van der Waals surface area (Å²) in [5, 5.41) is 13.2. The number of hydrogen-bond acceptors (Lipinski definition) is 4. The highest BCUT2D eigenvalue weighted by atomic mass is 16.3. The highest BCUT2D eigenvalue weighted by molar-refractivity contribution is 5.75. The standard InChI is InChI=1S/C14H19N3O/c1-3-8-14(2,18)10-16-13-9-15-11-6-4-5-7-12(11)17-13/h4-7,9,18H,3,8,10H2,1-2H3,(H,16,17). The average molecular weight is 245 g/mol. The minimum absolute atomic E-state index is 0.480. The first-order chi connectivity index (χ1) is 8.61. The van der Waals surface area contributed by atoms with E-state index in [0.717, 1.165) is 23.9 Å². The van der Waals surface area contributed by atoms with Crippen molar-refractivity contribution in [1.82, 2.24) is 9.97 Å². The van der Waals surface area contributed by atoms with Gasteiger partial charge in [0.25, 0.3) is 0 Å². The first kappa shape index (κ1) is 12.8. The van der Waals surface area contributed by atoms with E-state index < -0.39 is 5.60 Å². The van der Waals surface area contributed by atoms with E-state index >= 15 is 0 Å². The first-order valence-electron chi connectivity index (χ1n) is 6.29. The Balaban J connectivity index is 2.08. The predicted octanol–water partition coefficient (Wildman–Crippen LogP) is 2.59. The van der Waals surface area contributed by atoms with Crippen LogP contribution < -0.4 is 5.32 Å². The van der Waals surface area contributed by atoms with Gasteiger partial charge in [-0.25, -0.2) is 4.98 Å². The Morgan fingerprint density at radius 3 is 2.72 bits per heavy atom. The summed E-state index contributed by atoms with van der Waals surface area (Å²) < 4.78 is 0. The van der Waals surface area contributed by atoms with Crippen LogP contribution in [0.5, 0.6) is 0 Å². The molecule has 1 aromatic carbocycles. The van der Waals surface area contributed by atoms with Crippen LogP contribution in [0.25, 0.3) is 11.0 Å². The zero-order valence-electron chi connectivity index (χ0n) is 10.8. The average Bonchev–Trinajstić information content (AvgIpc) is 2.36. The van der Waals surface area contributed by atoms with E-state index in [-0.39, 0.29) is 0 Å². The van der Waals surface area contributed by atoms with Crippen molar-refractivity contribution in [3.8, 4) is 0 Å². The maximum absolute atomic E-state index is 10.1. The van der Waals surface area contributed by atoms with Crippen LogP contribution in [0.1, 0.15) is 26.7 Å². The largest absolute Gasteiger partial charge is 0.388 e. The highest BCUT2D eigenvalue weighted by Gasteiger charge is 2.18. The maximum atomic E-state index is 10.1. The third-order valence-electron chi connectivity index (χ3n) is 2.89. The van der Waals surface area contributed by atoms with E-state index in [2.05, 4.69) is 22.2 Å². The lowest BCUT2D eigenvalue weighted by Crippen LogP contribution is -2.33. The van der Waals surface area contributed by atoms with Gasteiger partial charge in [0.2, 0.25) is 0 Å². The van der Waals surface area contributed by atoms with Crippen LogP contribution in [0.15, 0.2) is 30.5 Å². The van der Waals surface area contributed by atoms with Crippen molar-refractivity contribution < 1.29 is 5.11 Å². The minimum atomic E-state index is -0.706. The van der Waals surface area contributed by atoms with Gasteiger partial charge in [0, 0.05) is 6.54 Å². The van der Waals surface area contributed by atoms with Gasteiger partial charge in [0.1, 0.15) is 5.82 Å². The Labute approximate surface area is 107 Å². The number of fused-ring (bicyclic) bond motifs is 1. The van der Waals surface area contributed by atoms with Crippen molar-refractivity contribution in [3.63, 3.8) is 0 Å². The molecular formula is C14H19N3O. The van der Waals surface area contributed by atoms with Crippen LogP contribution in [0.2, 0.25) is 0 Å². The van der Waals surface area contributed by atoms with Crippen LogP contribution >= 0.6 is 0 Å². The SMILES string of the molecule is CCCC(C)(O)CNc1cnc2ccccc2n1. The van der Waals surface area contributed by atoms with E-state index in [4.69, 9.17) is 0 Å². The minimum Gasteiger partial charge on any atom is -0.388 e. The van der Waals surface area contributed by atoms with Crippen LogP contribution in [0.3, 0.4) is 0 Å². The van der Waals surface area contributed by atoms with Crippen molar-refractivity contribution in [3.05, 3.63) is 30.5 Å². The number of para-hydroxylation sites is 2. The second-order valence-corrected chi connectivity index (χ2v) is 4.84. The van der Waals surface area contributed by atoms with Crippen molar-refractivity contribution >= 4 is 16.9 Å². The molecular weight excluding hydrogens is 226 g/mol. The summed E-state index contributed by atoms with van der Waals surface area (Å²) in [4.78, 5) is 8.77. The summed E-state index contributed by atoms with van der Waals surface area (Å²) in [6.45, 7) is 4.37. The number of nitrogens with one attached hydrogen (secondary N) is 1. The first-order valence-corrected chi connectivity index (χ1v) is 6.29. The van der Waals surface area contributed by atoms with Gasteiger partial charge in [-0.3, -0.25) is 4.98 Å². The van der Waals surface area contributed by atoms with Crippen LogP contribution in [0, 0.1) is 0 Å². The van der Waals surface area contributed by atoms with E-state index in [9.17, 15) is 5.11 Å². The molecule has 2 N–H and O–H groups in total. The fraction of sp³-hybridized carbons (Fsp3) is 0.429. The highest BCUT2D eigenvalue weighted by Crippen LogP contribution is 2.15. The van der Waals surface area contributed by atoms with Gasteiger partial charge < -0.3 is 10.4 Å². The van der Waals surface area contributed by atoms with Gasteiger partial charge in [-0.05, 0) is 25.5 Å². The van der Waals surface area contributed by atoms with E-state index in [1.165, 1.54) is 0 Å². The second kappa shape index (κ2) is 5.31. The summed E-state index contributed by atoms with van der Waals surface area (Å²) in [6, 6.07) is 7.74. The topological polar surface area (TPSA) is 58.0 Å². The quantitative estimate of drug-likeness (QED) is 0.850. The molecule has 0 saturated heterocycles. The molecule has 0 radical (unpaired) electrons. The summed E-state index contributed by atoms with van der Waals surface area (Å²) in [7, 11) is 0. The molecule has 96 valence electrons. The lowest BCUT2D eigenvalue weighted by atomic mass is 10.0. The molecule has 1 heterocycles. The summed E-state index contributed by atoms with van der Waals surface area (Å²) in [5.74, 6) is 0.699. The Kier molecular flexibility index (Phi) is 3.77. The predicted molar refractivity (Wildman–Crippen MR) is 73.6 cm³/mol. The van der Waals surface area contributed by atoms with E-state index in [0.29, 0.717) is 12.4 Å². The van der Waals surface area contributed by atoms with E-state index in [1.54, 1.807) is 6.20 Å². The monoisotopic (exact) mass is 245 g/mol. The molecule has 4 heteroatoms. The molecule has 0 aliphatic heterocycles. The molecule has 0 aliphatic carbocycles. The van der Waals surface area contributed by atoms with Crippen molar-refractivity contribution in [2.24, 2.45) is 0 Å². The fourth-order valence-electron chi connectivity index (χ4n) is 1.95. The lowest BCUT2D eigenvalue weighted by molar-refractivity contribution is 0.0636. The third kappa shape index (κ3) is 3.17. The number of rotatable bonds is 5. The number of benzene rings is 1. The molecule has 0 fully saturated rings. The van der Waals surface area contributed by atoms with Crippen molar-refractivity contribution in [1.29, 1.82) is 0 Å². The molecule has 1 atom stereocenters. The molecule has 0 saturated carbocycles. The van der Waals surface area contributed by atoms with Crippen LogP contribution in [-0.4, -0.2) is 27.2 Å². The van der Waals surface area contributed by atoms with Gasteiger partial charge >= 0.3 is 0 Å². The molecule has 1 unspecified atom stereocenters. The number of hydrogen-bond donors (Lipinski definition) is 2. The van der Waals surface area contributed by atoms with Crippen molar-refractivity contribution in [2.45, 2.75) is 32.3 Å². The fourth-order valence-corrected chi connectivity index (χ4v) is 1.95. The number of anilines is 1. The molecule has 2 aromatic rings. The Morgan fingerprint density at radius 2 is 2.00 bits per heavy atom. The van der Waals surface area contributed by atoms with Crippen LogP contribution in [-0.2, 0) is 0 Å². The molecule has 18 heavy (non-hydrogen) atoms. The number of aromatic nitrogens is 2. The summed E-state index contributed by atoms with van der Waals surface area (Å²) >= 11 is 0. The Morgan fingerprint density at radius 1 is 1.28 bits per heavy atom. The molecule has 0 bridgehead atoms. The summed E-state index contributed by atoms with van der Waals surface area (Å²) in [6.07, 6.45) is 3.42. The van der Waals surface area contributed by atoms with E-state index in [1.807, 2.05) is 31.2 Å². The Bertz CT molecular complexity index is 525. The Hall–Kier alpha value is -1.68. The van der Waals surface area contributed by atoms with Crippen molar-refractivity contribution in [2.75, 3.05) is 11.9 Å². The number of aliphatic hydroxyl groups is 1. The van der Waals surface area contributed by atoms with Crippen LogP contribution in [0.4, 0.5) is 5.82 Å². The van der Waals surface area contributed by atoms with Gasteiger partial charge in [0.15, 0.2) is 0 Å². The third-order valence-corrected chi connectivity index (χ3v) is 2.89. The van der Waals surface area contributed by atoms with Gasteiger partial charge in [-0.2, -0.15) is 0 Å². The lowest BCUT2D eigenvalue weighted by Gasteiger charge is -2.23.